The van der Waals surface area contributed by atoms with E-state index in [0.717, 1.165) is 148 Å². The van der Waals surface area contributed by atoms with Crippen molar-refractivity contribution in [1.82, 2.24) is 0 Å². The van der Waals surface area contributed by atoms with Gasteiger partial charge >= 0.3 is 17.9 Å². The van der Waals surface area contributed by atoms with Crippen LogP contribution in [0.5, 0.6) is 0 Å². The summed E-state index contributed by atoms with van der Waals surface area (Å²) in [5.74, 6) is -0.974. The third kappa shape index (κ3) is 61.9. The Balaban J connectivity index is 4.36. The number of rotatable bonds is 55. The molecule has 0 fully saturated rings. The van der Waals surface area contributed by atoms with Crippen LogP contribution in [0.2, 0.25) is 0 Å². The standard InChI is InChI=1S/C72H114O6/c1-4-7-10-13-16-19-22-24-26-28-29-30-31-32-33-34-35-36-37-38-39-40-41-42-43-45-46-48-50-53-56-59-62-65-71(74)77-68-69(67-76-70(73)64-61-58-55-52-21-18-15-12-9-6-3)78-72(75)66-63-60-57-54-51-49-47-44-27-25-23-20-17-14-11-8-5-2/h7,10,12,15-17,19-20,24-27,29-30,32-33,35-36,38-39,41-42,45-46,50,53,69H,4-6,8-9,11,13-14,18,21-23,28,31,34,37,40,43-44,47-49,51-52,54-68H2,1-3H3/b10-7-,15-12-,19-16-,20-17-,26-24-,27-25-,30-29-,33-32-,36-35-,39-38-,42-41-,46-45-,53-50-. The molecule has 0 heterocycles. The normalized spacial score (nSPS) is 13.2. The van der Waals surface area contributed by atoms with Gasteiger partial charge in [0.1, 0.15) is 13.2 Å². The number of esters is 3. The van der Waals surface area contributed by atoms with Crippen molar-refractivity contribution in [2.45, 2.75) is 264 Å². The summed E-state index contributed by atoms with van der Waals surface area (Å²) in [5, 5.41) is 0. The molecule has 1 unspecified atom stereocenters. The van der Waals surface area contributed by atoms with Crippen LogP contribution in [0, 0.1) is 0 Å². The van der Waals surface area contributed by atoms with E-state index in [-0.39, 0.29) is 31.1 Å². The number of hydrogen-bond acceptors (Lipinski definition) is 6. The molecule has 0 bridgehead atoms. The first kappa shape index (κ1) is 73.0. The molecule has 0 rings (SSSR count). The van der Waals surface area contributed by atoms with Gasteiger partial charge in [-0.15, -0.1) is 0 Å². The van der Waals surface area contributed by atoms with Crippen molar-refractivity contribution < 1.29 is 28.6 Å². The van der Waals surface area contributed by atoms with Crippen molar-refractivity contribution >= 4 is 17.9 Å². The number of hydrogen-bond donors (Lipinski definition) is 0. The second-order valence-corrected chi connectivity index (χ2v) is 20.2. The van der Waals surface area contributed by atoms with Crippen LogP contribution in [0.15, 0.2) is 158 Å². The summed E-state index contributed by atoms with van der Waals surface area (Å²) in [6, 6.07) is 0. The first-order valence-corrected chi connectivity index (χ1v) is 31.5. The van der Waals surface area contributed by atoms with Crippen molar-refractivity contribution in [2.75, 3.05) is 13.2 Å². The molecule has 0 aliphatic carbocycles. The minimum Gasteiger partial charge on any atom is -0.462 e. The number of carbonyl (C=O) groups is 3. The molecule has 0 aliphatic rings. The zero-order valence-electron chi connectivity index (χ0n) is 50.1. The van der Waals surface area contributed by atoms with Crippen LogP contribution in [0.3, 0.4) is 0 Å². The van der Waals surface area contributed by atoms with E-state index in [9.17, 15) is 14.4 Å². The van der Waals surface area contributed by atoms with E-state index in [1.165, 1.54) is 64.2 Å². The molecule has 0 amide bonds. The lowest BCUT2D eigenvalue weighted by molar-refractivity contribution is -0.167. The van der Waals surface area contributed by atoms with Crippen LogP contribution in [-0.2, 0) is 28.6 Å². The zero-order chi connectivity index (χ0) is 56.4. The molecule has 6 nitrogen and oxygen atoms in total. The topological polar surface area (TPSA) is 78.9 Å². The lowest BCUT2D eigenvalue weighted by Gasteiger charge is -2.18. The van der Waals surface area contributed by atoms with Gasteiger partial charge in [0.05, 0.1) is 0 Å². The monoisotopic (exact) mass is 1070 g/mol. The fourth-order valence-electron chi connectivity index (χ4n) is 8.03. The molecule has 0 radical (unpaired) electrons. The zero-order valence-corrected chi connectivity index (χ0v) is 50.1. The smallest absolute Gasteiger partial charge is 0.306 e. The number of ether oxygens (including phenoxy) is 3. The van der Waals surface area contributed by atoms with E-state index in [4.69, 9.17) is 14.2 Å². The molecule has 1 atom stereocenters. The lowest BCUT2D eigenvalue weighted by atomic mass is 10.1. The quantitative estimate of drug-likeness (QED) is 0.0261. The van der Waals surface area contributed by atoms with E-state index in [0.29, 0.717) is 25.7 Å². The summed E-state index contributed by atoms with van der Waals surface area (Å²) >= 11 is 0. The van der Waals surface area contributed by atoms with Crippen LogP contribution in [0.25, 0.3) is 0 Å². The second-order valence-electron chi connectivity index (χ2n) is 20.2. The molecule has 0 saturated heterocycles. The van der Waals surface area contributed by atoms with Gasteiger partial charge in [0.15, 0.2) is 6.10 Å². The van der Waals surface area contributed by atoms with Gasteiger partial charge in [-0.3, -0.25) is 14.4 Å². The van der Waals surface area contributed by atoms with Gasteiger partial charge in [-0.2, -0.15) is 0 Å². The minimum atomic E-state index is -0.810. The van der Waals surface area contributed by atoms with Gasteiger partial charge in [-0.1, -0.05) is 249 Å². The molecule has 438 valence electrons. The Labute approximate surface area is 480 Å². The van der Waals surface area contributed by atoms with E-state index in [2.05, 4.69) is 179 Å². The fraction of sp³-hybridized carbons (Fsp3) is 0.597. The molecule has 0 spiro atoms. The Kier molecular flexibility index (Phi) is 60.4. The molecule has 0 aromatic carbocycles. The summed E-state index contributed by atoms with van der Waals surface area (Å²) in [7, 11) is 0. The fourth-order valence-corrected chi connectivity index (χ4v) is 8.03. The van der Waals surface area contributed by atoms with Crippen LogP contribution < -0.4 is 0 Å². The van der Waals surface area contributed by atoms with Crippen molar-refractivity contribution in [2.24, 2.45) is 0 Å². The number of carbonyl (C=O) groups excluding carboxylic acids is 3. The van der Waals surface area contributed by atoms with Gasteiger partial charge in [-0.05, 0) is 148 Å². The Bertz CT molecular complexity index is 1760. The molecule has 0 saturated carbocycles. The van der Waals surface area contributed by atoms with Gasteiger partial charge in [-0.25, -0.2) is 0 Å². The van der Waals surface area contributed by atoms with Gasteiger partial charge in [0.2, 0.25) is 0 Å². The first-order chi connectivity index (χ1) is 38.5. The SMILES string of the molecule is CC/C=C\C/C=C\C/C=C\C/C=C\C/C=C\C/C=C\C/C=C\C/C=C\C/C=C\C/C=C\CCCCC(=O)OCC(COC(=O)CCCCCCC/C=C\CCC)OC(=O)CCCCCCCCC/C=C\C/C=C\CCCCC. The number of allylic oxidation sites excluding steroid dienone is 26. The maximum atomic E-state index is 12.9. The van der Waals surface area contributed by atoms with Crippen molar-refractivity contribution in [3.8, 4) is 0 Å². The van der Waals surface area contributed by atoms with Crippen LogP contribution in [0.1, 0.15) is 258 Å². The van der Waals surface area contributed by atoms with E-state index in [1.54, 1.807) is 0 Å². The molecule has 78 heavy (non-hydrogen) atoms. The summed E-state index contributed by atoms with van der Waals surface area (Å²) in [6.45, 7) is 6.38. The maximum Gasteiger partial charge on any atom is 0.306 e. The highest BCUT2D eigenvalue weighted by Crippen LogP contribution is 2.14. The molecule has 0 aliphatic heterocycles. The van der Waals surface area contributed by atoms with Gasteiger partial charge in [0.25, 0.3) is 0 Å². The van der Waals surface area contributed by atoms with E-state index in [1.807, 2.05) is 0 Å². The third-order valence-corrected chi connectivity index (χ3v) is 12.7. The predicted molar refractivity (Wildman–Crippen MR) is 338 cm³/mol. The van der Waals surface area contributed by atoms with Crippen molar-refractivity contribution in [3.63, 3.8) is 0 Å². The van der Waals surface area contributed by atoms with E-state index < -0.39 is 6.10 Å². The Morgan fingerprint density at radius 3 is 0.872 bits per heavy atom. The van der Waals surface area contributed by atoms with Crippen LogP contribution >= 0.6 is 0 Å². The summed E-state index contributed by atoms with van der Waals surface area (Å²) < 4.78 is 16.8. The maximum absolute atomic E-state index is 12.9. The van der Waals surface area contributed by atoms with E-state index >= 15 is 0 Å². The van der Waals surface area contributed by atoms with Gasteiger partial charge < -0.3 is 14.2 Å². The molecule has 0 N–H and O–H groups in total. The molecule has 0 aromatic heterocycles. The second kappa shape index (κ2) is 64.6. The van der Waals surface area contributed by atoms with Gasteiger partial charge in [0, 0.05) is 19.3 Å². The lowest BCUT2D eigenvalue weighted by Crippen LogP contribution is -2.30. The Hall–Kier alpha value is -4.97. The summed E-state index contributed by atoms with van der Waals surface area (Å²) in [4.78, 5) is 38.1. The van der Waals surface area contributed by atoms with Crippen LogP contribution in [-0.4, -0.2) is 37.2 Å². The average Bonchev–Trinajstić information content (AvgIpc) is 3.44. The third-order valence-electron chi connectivity index (χ3n) is 12.7. The average molecular weight is 1080 g/mol. The molecular weight excluding hydrogens is 961 g/mol. The predicted octanol–water partition coefficient (Wildman–Crippen LogP) is 21.7. The Morgan fingerprint density at radius 2 is 0.526 bits per heavy atom. The van der Waals surface area contributed by atoms with Crippen molar-refractivity contribution in [3.05, 3.63) is 158 Å². The van der Waals surface area contributed by atoms with Crippen molar-refractivity contribution in [1.29, 1.82) is 0 Å². The largest absolute Gasteiger partial charge is 0.462 e. The minimum absolute atomic E-state index is 0.105. The molecular formula is C72H114O6. The van der Waals surface area contributed by atoms with Crippen LogP contribution in [0.4, 0.5) is 0 Å². The molecule has 0 aromatic rings. The molecule has 6 heteroatoms. The highest BCUT2D eigenvalue weighted by molar-refractivity contribution is 5.71. The summed E-state index contributed by atoms with van der Waals surface area (Å²) in [5.41, 5.74) is 0. The summed E-state index contributed by atoms with van der Waals surface area (Å²) in [6.07, 6.45) is 94.0. The number of unbranched alkanes of at least 4 members (excludes halogenated alkanes) is 18. The first-order valence-electron chi connectivity index (χ1n) is 31.5. The highest BCUT2D eigenvalue weighted by atomic mass is 16.6. The Morgan fingerprint density at radius 1 is 0.269 bits per heavy atom. The highest BCUT2D eigenvalue weighted by Gasteiger charge is 2.19.